The summed E-state index contributed by atoms with van der Waals surface area (Å²) in [4.78, 5) is 29.9. The number of nitrogens with one attached hydrogen (secondary N) is 2. The Kier molecular flexibility index (Phi) is 8.79. The highest BCUT2D eigenvalue weighted by Gasteiger charge is 2.28. The van der Waals surface area contributed by atoms with Crippen LogP contribution in [-0.2, 0) is 23.1 Å². The molecule has 1 amide bonds. The molecule has 14 nitrogen and oxygen atoms in total. The fraction of sp³-hybridized carbons (Fsp3) is 0.583. The number of amides is 1. The quantitative estimate of drug-likeness (QED) is 0.187. The molecule has 14 heteroatoms. The van der Waals surface area contributed by atoms with Crippen molar-refractivity contribution < 1.29 is 24.9 Å². The molecule has 0 aliphatic carbocycles. The number of benzene rings is 1. The van der Waals surface area contributed by atoms with Gasteiger partial charge in [0.1, 0.15) is 24.9 Å². The van der Waals surface area contributed by atoms with Crippen LogP contribution in [-0.4, -0.2) is 102 Å². The second-order valence-corrected chi connectivity index (χ2v) is 9.67. The Morgan fingerprint density at radius 2 is 2.00 bits per heavy atom. The van der Waals surface area contributed by atoms with Crippen LogP contribution in [0.2, 0.25) is 0 Å². The van der Waals surface area contributed by atoms with Crippen molar-refractivity contribution in [3.63, 3.8) is 0 Å². The highest BCUT2D eigenvalue weighted by atomic mass is 16.5. The number of aliphatic hydroxyl groups is 3. The number of aliphatic hydroxyl groups excluding tert-OH is 3. The Morgan fingerprint density at radius 3 is 2.68 bits per heavy atom. The average Bonchev–Trinajstić information content (AvgIpc) is 3.56. The Balaban J connectivity index is 1.45. The summed E-state index contributed by atoms with van der Waals surface area (Å²) in [5, 5.41) is 48.9. The first-order valence-corrected chi connectivity index (χ1v) is 12.5. The number of rotatable bonds is 11. The number of aromatic nitrogens is 6. The zero-order valence-corrected chi connectivity index (χ0v) is 21.7. The van der Waals surface area contributed by atoms with Gasteiger partial charge in [-0.15, -0.1) is 5.10 Å². The van der Waals surface area contributed by atoms with Gasteiger partial charge in [-0.25, -0.2) is 9.67 Å². The van der Waals surface area contributed by atoms with E-state index in [1.807, 2.05) is 19.9 Å². The molecule has 0 spiro atoms. The van der Waals surface area contributed by atoms with Gasteiger partial charge in [0.05, 0.1) is 24.2 Å². The smallest absolute Gasteiger partial charge is 0.281 e. The second kappa shape index (κ2) is 12.0. The van der Waals surface area contributed by atoms with Crippen LogP contribution in [0.25, 0.3) is 22.6 Å². The van der Waals surface area contributed by atoms with Crippen LogP contribution in [0.4, 0.5) is 0 Å². The number of fused-ring (bicyclic) bond motifs is 1. The minimum Gasteiger partial charge on any atom is -0.388 e. The lowest BCUT2D eigenvalue weighted by atomic mass is 10.1. The SMILES string of the molecule is Cc1cc2nc(-c3nnnn3C)c(=O)n(C[C@H](O)[C@H](O)[C@H](O)COCC(=O)NC[C@@H]3CCCN3)c2cc1C. The summed E-state index contributed by atoms with van der Waals surface area (Å²) in [5.41, 5.74) is 2.21. The van der Waals surface area contributed by atoms with Gasteiger partial charge in [-0.3, -0.25) is 9.59 Å². The molecule has 0 bridgehead atoms. The normalized spacial score (nSPS) is 18.0. The zero-order chi connectivity index (χ0) is 27.4. The predicted molar refractivity (Wildman–Crippen MR) is 136 cm³/mol. The number of carbonyl (C=O) groups is 1. The second-order valence-electron chi connectivity index (χ2n) is 9.67. The van der Waals surface area contributed by atoms with Crippen molar-refractivity contribution in [3.8, 4) is 11.5 Å². The molecule has 1 aromatic carbocycles. The van der Waals surface area contributed by atoms with Gasteiger partial charge in [0, 0.05) is 19.6 Å². The summed E-state index contributed by atoms with van der Waals surface area (Å²) in [7, 11) is 1.58. The van der Waals surface area contributed by atoms with E-state index in [4.69, 9.17) is 4.74 Å². The first-order chi connectivity index (χ1) is 18.2. The lowest BCUT2D eigenvalue weighted by Crippen LogP contribution is -2.44. The van der Waals surface area contributed by atoms with E-state index in [-0.39, 0.29) is 43.2 Å². The highest BCUT2D eigenvalue weighted by molar-refractivity contribution is 5.79. The molecule has 1 saturated heterocycles. The maximum atomic E-state index is 13.4. The number of carbonyl (C=O) groups excluding carboxylic acids is 1. The van der Waals surface area contributed by atoms with E-state index in [0.717, 1.165) is 30.5 Å². The van der Waals surface area contributed by atoms with Gasteiger partial charge in [0.25, 0.3) is 5.56 Å². The van der Waals surface area contributed by atoms with E-state index in [1.165, 1.54) is 9.25 Å². The zero-order valence-electron chi connectivity index (χ0n) is 21.7. The minimum absolute atomic E-state index is 0.0161. The fourth-order valence-electron chi connectivity index (χ4n) is 4.40. The molecule has 0 unspecified atom stereocenters. The molecule has 0 saturated carbocycles. The van der Waals surface area contributed by atoms with E-state index in [1.54, 1.807) is 13.1 Å². The monoisotopic (exact) mass is 530 g/mol. The van der Waals surface area contributed by atoms with Gasteiger partial charge in [-0.1, -0.05) is 0 Å². The van der Waals surface area contributed by atoms with E-state index < -0.39 is 23.9 Å². The van der Waals surface area contributed by atoms with Crippen LogP contribution < -0.4 is 16.2 Å². The van der Waals surface area contributed by atoms with Crippen LogP contribution in [0, 0.1) is 13.8 Å². The molecule has 0 radical (unpaired) electrons. The summed E-state index contributed by atoms with van der Waals surface area (Å²) in [6.45, 7) is 4.20. The minimum atomic E-state index is -1.65. The molecular formula is C24H34N8O6. The van der Waals surface area contributed by atoms with Gasteiger partial charge in [0.2, 0.25) is 11.7 Å². The predicted octanol–water partition coefficient (Wildman–Crippen LogP) is -1.83. The van der Waals surface area contributed by atoms with Crippen molar-refractivity contribution in [2.75, 3.05) is 26.3 Å². The molecule has 4 atom stereocenters. The Labute approximate surface area is 218 Å². The van der Waals surface area contributed by atoms with E-state index in [0.29, 0.717) is 17.6 Å². The summed E-state index contributed by atoms with van der Waals surface area (Å²) in [6, 6.07) is 3.83. The van der Waals surface area contributed by atoms with Gasteiger partial charge >= 0.3 is 0 Å². The van der Waals surface area contributed by atoms with Gasteiger partial charge in [-0.2, -0.15) is 0 Å². The van der Waals surface area contributed by atoms with Crippen LogP contribution >= 0.6 is 0 Å². The summed E-state index contributed by atoms with van der Waals surface area (Å²) in [5.74, 6) is -0.193. The summed E-state index contributed by atoms with van der Waals surface area (Å²) in [6.07, 6.45) is -2.61. The Bertz CT molecular complexity index is 1340. The standard InChI is InChI=1S/C24H34N8O6/c1-13-7-16-17(8-14(13)2)32(24(37)21(27-16)23-28-29-30-31(23)3)10-18(33)22(36)19(34)11-38-12-20(35)26-9-15-5-4-6-25-15/h7-8,15,18-19,22,25,33-34,36H,4-6,9-12H2,1-3H3,(H,26,35)/t15-,18-,19+,22-/m0/s1. The van der Waals surface area contributed by atoms with E-state index >= 15 is 0 Å². The summed E-state index contributed by atoms with van der Waals surface area (Å²) >= 11 is 0. The van der Waals surface area contributed by atoms with Crippen molar-refractivity contribution in [2.45, 2.75) is 57.6 Å². The highest BCUT2D eigenvalue weighted by Crippen LogP contribution is 2.20. The molecule has 5 N–H and O–H groups in total. The number of hydrogen-bond acceptors (Lipinski definition) is 11. The molecule has 38 heavy (non-hydrogen) atoms. The molecule has 2 aromatic heterocycles. The third-order valence-corrected chi connectivity index (χ3v) is 6.78. The van der Waals surface area contributed by atoms with E-state index in [2.05, 4.69) is 31.1 Å². The number of aryl methyl sites for hydroxylation is 3. The third-order valence-electron chi connectivity index (χ3n) is 6.78. The van der Waals surface area contributed by atoms with Crippen molar-refractivity contribution in [1.29, 1.82) is 0 Å². The molecule has 4 rings (SSSR count). The molecular weight excluding hydrogens is 496 g/mol. The first-order valence-electron chi connectivity index (χ1n) is 12.5. The van der Waals surface area contributed by atoms with E-state index in [9.17, 15) is 24.9 Å². The van der Waals surface area contributed by atoms with Gasteiger partial charge in [0.15, 0.2) is 5.69 Å². The van der Waals surface area contributed by atoms with Crippen molar-refractivity contribution >= 4 is 16.9 Å². The van der Waals surface area contributed by atoms with Crippen molar-refractivity contribution in [1.82, 2.24) is 40.4 Å². The number of ether oxygens (including phenoxy) is 1. The molecule has 3 heterocycles. The Morgan fingerprint density at radius 1 is 1.24 bits per heavy atom. The van der Waals surface area contributed by atoms with Crippen molar-refractivity contribution in [3.05, 3.63) is 33.6 Å². The van der Waals surface area contributed by atoms with Crippen LogP contribution in [0.1, 0.15) is 24.0 Å². The van der Waals surface area contributed by atoms with Crippen LogP contribution in [0.3, 0.4) is 0 Å². The van der Waals surface area contributed by atoms with Gasteiger partial charge in [-0.05, 0) is 66.9 Å². The number of hydrogen-bond donors (Lipinski definition) is 5. The lowest BCUT2D eigenvalue weighted by Gasteiger charge is -2.24. The molecule has 206 valence electrons. The Hall–Kier alpha value is -3.30. The number of tetrazole rings is 1. The third kappa shape index (κ3) is 6.22. The van der Waals surface area contributed by atoms with Gasteiger partial charge < -0.3 is 35.3 Å². The van der Waals surface area contributed by atoms with Crippen LogP contribution in [0.15, 0.2) is 16.9 Å². The average molecular weight is 531 g/mol. The fourth-order valence-corrected chi connectivity index (χ4v) is 4.40. The van der Waals surface area contributed by atoms with Crippen molar-refractivity contribution in [2.24, 2.45) is 7.05 Å². The molecule has 1 aliphatic rings. The molecule has 1 fully saturated rings. The number of nitrogens with zero attached hydrogens (tertiary/aromatic N) is 6. The lowest BCUT2D eigenvalue weighted by molar-refractivity contribution is -0.130. The maximum Gasteiger partial charge on any atom is 0.281 e. The summed E-state index contributed by atoms with van der Waals surface area (Å²) < 4.78 is 7.84. The first kappa shape index (κ1) is 27.7. The maximum absolute atomic E-state index is 13.4. The molecule has 3 aromatic rings. The molecule has 1 aliphatic heterocycles. The topological polar surface area (TPSA) is 190 Å². The van der Waals surface area contributed by atoms with Crippen LogP contribution in [0.5, 0.6) is 0 Å². The largest absolute Gasteiger partial charge is 0.388 e.